The Morgan fingerprint density at radius 2 is 2.14 bits per heavy atom. The van der Waals surface area contributed by atoms with E-state index in [0.717, 1.165) is 0 Å². The van der Waals surface area contributed by atoms with E-state index in [2.05, 4.69) is 10.3 Å². The maximum Gasteiger partial charge on any atom is 0.331 e. The molecule has 0 fully saturated rings. The number of nitrogens with two attached hydrogens (primary N) is 2. The number of amides is 1. The number of aliphatic carboxylic acids is 1. The Bertz CT molecular complexity index is 487. The first-order chi connectivity index (χ1) is 10.2. The molecule has 4 atom stereocenters. The number of carbonyl (C=O) groups is 2. The largest absolute Gasteiger partial charge is 0.478 e. The van der Waals surface area contributed by atoms with E-state index < -0.39 is 36.7 Å². The lowest BCUT2D eigenvalue weighted by Crippen LogP contribution is -2.44. The van der Waals surface area contributed by atoms with Gasteiger partial charge in [0.05, 0.1) is 18.8 Å². The van der Waals surface area contributed by atoms with Gasteiger partial charge in [0, 0.05) is 30.9 Å². The molecule has 0 aromatic heterocycles. The van der Waals surface area contributed by atoms with E-state index in [9.17, 15) is 14.7 Å². The van der Waals surface area contributed by atoms with Gasteiger partial charge < -0.3 is 32.1 Å². The maximum atomic E-state index is 11.3. The topological polar surface area (TPSA) is 171 Å². The van der Waals surface area contributed by atoms with E-state index in [4.69, 9.17) is 21.7 Å². The number of carbonyl (C=O) groups excluding carboxylic acids is 1. The van der Waals surface area contributed by atoms with Gasteiger partial charge in [0.1, 0.15) is 0 Å². The number of carboxylic acid groups (broad SMARTS) is 1. The third-order valence-electron chi connectivity index (χ3n) is 3.45. The molecule has 0 spiro atoms. The summed E-state index contributed by atoms with van der Waals surface area (Å²) in [5.41, 5.74) is 10.9. The highest BCUT2D eigenvalue weighted by molar-refractivity contribution is 5.87. The third kappa shape index (κ3) is 5.01. The Hall–Kier alpha value is -2.13. The van der Waals surface area contributed by atoms with E-state index in [1.165, 1.54) is 13.0 Å². The predicted molar refractivity (Wildman–Crippen MR) is 78.7 cm³/mol. The van der Waals surface area contributed by atoms with Crippen LogP contribution in [0.25, 0.3) is 0 Å². The highest BCUT2D eigenvalue weighted by Gasteiger charge is 2.37. The van der Waals surface area contributed by atoms with Crippen LogP contribution in [-0.2, 0) is 9.59 Å². The minimum Gasteiger partial charge on any atom is -0.478 e. The number of nitrogens with one attached hydrogen (secondary N) is 1. The van der Waals surface area contributed by atoms with Crippen molar-refractivity contribution >= 4 is 17.8 Å². The zero-order valence-corrected chi connectivity index (χ0v) is 12.3. The van der Waals surface area contributed by atoms with Crippen LogP contribution >= 0.6 is 0 Å². The molecule has 1 aliphatic rings. The van der Waals surface area contributed by atoms with Gasteiger partial charge in [-0.3, -0.25) is 4.79 Å². The van der Waals surface area contributed by atoms with Gasteiger partial charge in [-0.25, -0.2) is 9.79 Å². The first-order valence-electron chi connectivity index (χ1n) is 6.83. The van der Waals surface area contributed by atoms with Crippen LogP contribution < -0.4 is 16.8 Å². The van der Waals surface area contributed by atoms with E-state index in [-0.39, 0.29) is 30.3 Å². The number of hydrogen-bond acceptors (Lipinski definition) is 5. The van der Waals surface area contributed by atoms with E-state index >= 15 is 0 Å². The zero-order chi connectivity index (χ0) is 16.9. The van der Waals surface area contributed by atoms with Crippen molar-refractivity contribution in [2.24, 2.45) is 22.4 Å². The molecule has 0 saturated heterocycles. The number of guanidine groups is 1. The smallest absolute Gasteiger partial charge is 0.331 e. The minimum atomic E-state index is -1.08. The lowest BCUT2D eigenvalue weighted by atomic mass is 9.90. The second-order valence-corrected chi connectivity index (χ2v) is 5.28. The number of aliphatic hydroxyl groups excluding tert-OH is 2. The molecular weight excluding hydrogens is 292 g/mol. The molecule has 0 aromatic carbocycles. The Morgan fingerprint density at radius 1 is 1.50 bits per heavy atom. The Labute approximate surface area is 127 Å². The van der Waals surface area contributed by atoms with E-state index in [1.54, 1.807) is 0 Å². The summed E-state index contributed by atoms with van der Waals surface area (Å²) in [7, 11) is 0. The molecule has 0 radical (unpaired) electrons. The standard InChI is InChI=1S/C13H22N4O5/c1-6(19)16-11(4-8(20)5-18)9-2-7(12(21)22)3-10(9)17-13(14)15/h2,8-11,18,20H,3-5H2,1H3,(H,16,19)(H,21,22)(H4,14,15,17)/t8-,9-,10-,11-/m1/s1. The van der Waals surface area contributed by atoms with Crippen LogP contribution in [0.3, 0.4) is 0 Å². The molecule has 9 nitrogen and oxygen atoms in total. The van der Waals surface area contributed by atoms with Gasteiger partial charge in [0.2, 0.25) is 5.91 Å². The fraction of sp³-hybridized carbons (Fsp3) is 0.615. The van der Waals surface area contributed by atoms with Gasteiger partial charge in [-0.2, -0.15) is 0 Å². The van der Waals surface area contributed by atoms with Crippen molar-refractivity contribution in [3.05, 3.63) is 11.6 Å². The van der Waals surface area contributed by atoms with Crippen molar-refractivity contribution in [3.8, 4) is 0 Å². The fourth-order valence-corrected chi connectivity index (χ4v) is 2.58. The number of rotatable bonds is 7. The first kappa shape index (κ1) is 17.9. The van der Waals surface area contributed by atoms with Crippen LogP contribution in [0.2, 0.25) is 0 Å². The summed E-state index contributed by atoms with van der Waals surface area (Å²) in [6.45, 7) is 0.843. The van der Waals surface area contributed by atoms with Crippen LogP contribution in [0.1, 0.15) is 19.8 Å². The van der Waals surface area contributed by atoms with Crippen LogP contribution in [0.5, 0.6) is 0 Å². The fourth-order valence-electron chi connectivity index (χ4n) is 2.58. The molecule has 0 bridgehead atoms. The molecule has 124 valence electrons. The van der Waals surface area contributed by atoms with Crippen molar-refractivity contribution in [1.82, 2.24) is 5.32 Å². The van der Waals surface area contributed by atoms with Gasteiger partial charge in [-0.05, 0) is 6.42 Å². The number of carboxylic acids is 1. The lowest BCUT2D eigenvalue weighted by molar-refractivity contribution is -0.132. The molecule has 1 rings (SSSR count). The van der Waals surface area contributed by atoms with Crippen LogP contribution in [-0.4, -0.2) is 58.0 Å². The first-order valence-corrected chi connectivity index (χ1v) is 6.83. The molecule has 22 heavy (non-hydrogen) atoms. The second-order valence-electron chi connectivity index (χ2n) is 5.28. The summed E-state index contributed by atoms with van der Waals surface area (Å²) in [4.78, 5) is 26.5. The average Bonchev–Trinajstić information content (AvgIpc) is 2.80. The van der Waals surface area contributed by atoms with Crippen LogP contribution in [0, 0.1) is 5.92 Å². The number of hydrogen-bond donors (Lipinski definition) is 6. The monoisotopic (exact) mass is 314 g/mol. The third-order valence-corrected chi connectivity index (χ3v) is 3.45. The molecule has 8 N–H and O–H groups in total. The normalized spacial score (nSPS) is 23.3. The summed E-state index contributed by atoms with van der Waals surface area (Å²) in [6.07, 6.45) is 0.632. The van der Waals surface area contributed by atoms with Crippen molar-refractivity contribution in [1.29, 1.82) is 0 Å². The zero-order valence-electron chi connectivity index (χ0n) is 12.3. The molecule has 9 heteroatoms. The summed E-state index contributed by atoms with van der Waals surface area (Å²) in [6, 6.07) is -1.14. The Morgan fingerprint density at radius 3 is 2.59 bits per heavy atom. The van der Waals surface area contributed by atoms with Crippen LogP contribution in [0.4, 0.5) is 0 Å². The van der Waals surface area contributed by atoms with Crippen molar-refractivity contribution in [2.45, 2.75) is 38.0 Å². The quantitative estimate of drug-likeness (QED) is 0.231. The van der Waals surface area contributed by atoms with Crippen LogP contribution in [0.15, 0.2) is 16.6 Å². The summed E-state index contributed by atoms with van der Waals surface area (Å²) < 4.78 is 0. The highest BCUT2D eigenvalue weighted by atomic mass is 16.4. The SMILES string of the molecule is CC(=O)N[C@H](C[C@@H](O)CO)[C@@H]1C=C(C(=O)O)C[C@H]1N=C(N)N. The molecule has 0 heterocycles. The summed E-state index contributed by atoms with van der Waals surface area (Å²) >= 11 is 0. The molecule has 0 saturated carbocycles. The second kappa shape index (κ2) is 7.76. The van der Waals surface area contributed by atoms with Crippen molar-refractivity contribution in [2.75, 3.05) is 6.61 Å². The van der Waals surface area contributed by atoms with Gasteiger partial charge in [0.15, 0.2) is 5.96 Å². The molecule has 0 unspecified atom stereocenters. The molecule has 1 amide bonds. The lowest BCUT2D eigenvalue weighted by Gasteiger charge is -2.28. The summed E-state index contributed by atoms with van der Waals surface area (Å²) in [5.74, 6) is -2.09. The van der Waals surface area contributed by atoms with Gasteiger partial charge in [-0.1, -0.05) is 6.08 Å². The minimum absolute atomic E-state index is 0.0562. The Balaban J connectivity index is 3.06. The Kier molecular flexibility index (Phi) is 6.32. The predicted octanol–water partition coefficient (Wildman–Crippen LogP) is -2.09. The number of aliphatic imine (C=N–C) groups is 1. The average molecular weight is 314 g/mol. The summed E-state index contributed by atoms with van der Waals surface area (Å²) in [5, 5.41) is 30.4. The van der Waals surface area contributed by atoms with Gasteiger partial charge >= 0.3 is 5.97 Å². The number of aliphatic hydroxyl groups is 2. The van der Waals surface area contributed by atoms with Gasteiger partial charge in [-0.15, -0.1) is 0 Å². The van der Waals surface area contributed by atoms with Gasteiger partial charge in [0.25, 0.3) is 0 Å². The highest BCUT2D eigenvalue weighted by Crippen LogP contribution is 2.31. The molecular formula is C13H22N4O5. The molecule has 0 aromatic rings. The van der Waals surface area contributed by atoms with E-state index in [0.29, 0.717) is 0 Å². The maximum absolute atomic E-state index is 11.3. The molecule has 0 aliphatic heterocycles. The van der Waals surface area contributed by atoms with Crippen molar-refractivity contribution in [3.63, 3.8) is 0 Å². The number of nitrogens with zero attached hydrogens (tertiary/aromatic N) is 1. The van der Waals surface area contributed by atoms with E-state index in [1.807, 2.05) is 0 Å². The molecule has 1 aliphatic carbocycles. The van der Waals surface area contributed by atoms with Crippen molar-refractivity contribution < 1.29 is 24.9 Å².